The van der Waals surface area contributed by atoms with Gasteiger partial charge in [0.15, 0.2) is 5.82 Å². The lowest BCUT2D eigenvalue weighted by Gasteiger charge is -1.84. The Hall–Kier alpha value is -0.460. The lowest BCUT2D eigenvalue weighted by molar-refractivity contribution is 1.08. The summed E-state index contributed by atoms with van der Waals surface area (Å²) in [5.74, 6) is 0.788. The van der Waals surface area contributed by atoms with Crippen molar-refractivity contribution in [2.24, 2.45) is 0 Å². The predicted octanol–water partition coefficient (Wildman–Crippen LogP) is 2.96. The molecule has 0 atom stereocenters. The van der Waals surface area contributed by atoms with E-state index in [-0.39, 0.29) is 0 Å². The van der Waals surface area contributed by atoms with Crippen molar-refractivity contribution in [3.63, 3.8) is 0 Å². The second-order valence-corrected chi connectivity index (χ2v) is 4.36. The molecule has 2 rings (SSSR count). The van der Waals surface area contributed by atoms with Crippen molar-refractivity contribution in [2.75, 3.05) is 0 Å². The average molecular weight is 262 g/mol. The molecule has 2 aromatic heterocycles. The van der Waals surface area contributed by atoms with Crippen LogP contribution < -0.4 is 0 Å². The monoisotopic (exact) mass is 261 g/mol. The van der Waals surface area contributed by atoms with E-state index in [1.807, 2.05) is 11.4 Å². The lowest BCUT2D eigenvalue weighted by Crippen LogP contribution is -1.73. The number of nitrogens with zero attached hydrogens (tertiary/aromatic N) is 1. The van der Waals surface area contributed by atoms with E-state index in [1.54, 1.807) is 11.3 Å². The van der Waals surface area contributed by atoms with E-state index in [2.05, 4.69) is 31.1 Å². The molecule has 0 aromatic carbocycles. The first-order valence-corrected chi connectivity index (χ1v) is 5.23. The number of nitrogens with one attached hydrogen (secondary N) is 2. The molecule has 0 saturated carbocycles. The topological polar surface area (TPSA) is 44.5 Å². The van der Waals surface area contributed by atoms with Crippen molar-refractivity contribution < 1.29 is 0 Å². The zero-order chi connectivity index (χ0) is 8.55. The maximum Gasteiger partial charge on any atom is 0.213 e. The zero-order valence-electron chi connectivity index (χ0n) is 5.80. The molecule has 3 nitrogen and oxygen atoms in total. The highest BCUT2D eigenvalue weighted by Crippen LogP contribution is 2.26. The van der Waals surface area contributed by atoms with E-state index in [9.17, 15) is 0 Å². The van der Waals surface area contributed by atoms with Crippen molar-refractivity contribution in [1.29, 1.82) is 0 Å². The van der Waals surface area contributed by atoms with Gasteiger partial charge in [0.1, 0.15) is 0 Å². The van der Waals surface area contributed by atoms with Gasteiger partial charge >= 0.3 is 0 Å². The molecule has 2 heterocycles. The summed E-state index contributed by atoms with van der Waals surface area (Å²) in [7, 11) is 0. The first-order chi connectivity index (χ1) is 5.75. The van der Waals surface area contributed by atoms with Crippen LogP contribution in [0.3, 0.4) is 0 Å². The van der Waals surface area contributed by atoms with Crippen LogP contribution in [0.4, 0.5) is 0 Å². The highest BCUT2D eigenvalue weighted by atomic mass is 79.9. The summed E-state index contributed by atoms with van der Waals surface area (Å²) >= 11 is 9.81. The van der Waals surface area contributed by atoms with Crippen molar-refractivity contribution in [3.05, 3.63) is 20.7 Å². The van der Waals surface area contributed by atoms with Crippen LogP contribution >= 0.6 is 39.5 Å². The Balaban J connectivity index is 2.50. The molecule has 0 bridgehead atoms. The number of aromatic nitrogens is 3. The second-order valence-electron chi connectivity index (χ2n) is 2.14. The Morgan fingerprint density at radius 3 is 2.83 bits per heavy atom. The van der Waals surface area contributed by atoms with Crippen LogP contribution in [0.15, 0.2) is 15.9 Å². The Labute approximate surface area is 86.0 Å². The molecule has 62 valence electrons. The Kier molecular flexibility index (Phi) is 2.12. The lowest BCUT2D eigenvalue weighted by atomic mass is 10.4. The predicted molar refractivity (Wildman–Crippen MR) is 54.8 cm³/mol. The molecular weight excluding hydrogens is 258 g/mol. The molecule has 0 aliphatic heterocycles. The summed E-state index contributed by atoms with van der Waals surface area (Å²) < 4.78 is 1.54. The van der Waals surface area contributed by atoms with Crippen molar-refractivity contribution in [3.8, 4) is 10.7 Å². The number of halogens is 1. The van der Waals surface area contributed by atoms with Gasteiger partial charge < -0.3 is 0 Å². The van der Waals surface area contributed by atoms with Gasteiger partial charge in [-0.05, 0) is 34.2 Å². The van der Waals surface area contributed by atoms with Crippen molar-refractivity contribution in [1.82, 2.24) is 15.2 Å². The van der Waals surface area contributed by atoms with Crippen LogP contribution in [0, 0.1) is 4.77 Å². The molecule has 2 aromatic rings. The molecular formula is C6H4BrN3S2. The van der Waals surface area contributed by atoms with E-state index in [0.717, 1.165) is 15.2 Å². The van der Waals surface area contributed by atoms with Gasteiger partial charge in [0, 0.05) is 9.85 Å². The molecule has 0 amide bonds. The fraction of sp³-hybridized carbons (Fsp3) is 0. The van der Waals surface area contributed by atoms with E-state index in [0.29, 0.717) is 4.77 Å². The normalized spacial score (nSPS) is 10.4. The van der Waals surface area contributed by atoms with Gasteiger partial charge in [-0.15, -0.1) is 11.3 Å². The zero-order valence-corrected chi connectivity index (χ0v) is 9.02. The molecule has 0 aliphatic carbocycles. The molecule has 0 spiro atoms. The summed E-state index contributed by atoms with van der Waals surface area (Å²) in [5, 5.41) is 7.63. The largest absolute Gasteiger partial charge is 0.281 e. The van der Waals surface area contributed by atoms with Crippen LogP contribution in [0.5, 0.6) is 0 Å². The maximum absolute atomic E-state index is 4.83. The highest BCUT2D eigenvalue weighted by molar-refractivity contribution is 9.10. The van der Waals surface area contributed by atoms with Gasteiger partial charge in [0.2, 0.25) is 4.77 Å². The number of H-pyrrole nitrogens is 2. The van der Waals surface area contributed by atoms with Crippen LogP contribution in [0.2, 0.25) is 0 Å². The number of thiophene rings is 1. The van der Waals surface area contributed by atoms with E-state index < -0.39 is 0 Å². The molecule has 0 unspecified atom stereocenters. The Morgan fingerprint density at radius 1 is 1.50 bits per heavy atom. The summed E-state index contributed by atoms with van der Waals surface area (Å²) in [6, 6.07) is 1.99. The van der Waals surface area contributed by atoms with E-state index >= 15 is 0 Å². The average Bonchev–Trinajstić information content (AvgIpc) is 2.58. The minimum absolute atomic E-state index is 0.481. The number of hydrogen-bond acceptors (Lipinski definition) is 3. The van der Waals surface area contributed by atoms with Crippen LogP contribution in [-0.4, -0.2) is 15.2 Å². The minimum Gasteiger partial charge on any atom is -0.281 e. The third-order valence-corrected chi connectivity index (χ3v) is 3.19. The molecule has 0 saturated heterocycles. The molecule has 0 aliphatic rings. The van der Waals surface area contributed by atoms with Crippen LogP contribution in [-0.2, 0) is 0 Å². The van der Waals surface area contributed by atoms with Gasteiger partial charge in [0.25, 0.3) is 0 Å². The second kappa shape index (κ2) is 3.12. The molecule has 12 heavy (non-hydrogen) atoms. The first-order valence-electron chi connectivity index (χ1n) is 3.15. The smallest absolute Gasteiger partial charge is 0.213 e. The fourth-order valence-corrected chi connectivity index (χ4v) is 2.34. The van der Waals surface area contributed by atoms with Gasteiger partial charge in [-0.3, -0.25) is 10.2 Å². The fourth-order valence-electron chi connectivity index (χ4n) is 0.824. The Bertz CT molecular complexity index is 441. The van der Waals surface area contributed by atoms with Gasteiger partial charge in [0.05, 0.1) is 4.88 Å². The molecule has 0 radical (unpaired) electrons. The van der Waals surface area contributed by atoms with E-state index in [1.165, 1.54) is 0 Å². The summed E-state index contributed by atoms with van der Waals surface area (Å²) in [6.07, 6.45) is 0. The summed E-state index contributed by atoms with van der Waals surface area (Å²) in [4.78, 5) is 5.15. The standard InChI is InChI=1S/C6H4BrN3S2/c7-3-1-4(12-2-3)5-8-6(11)10-9-5/h1-2H,(H2,8,9,10,11). The van der Waals surface area contributed by atoms with Crippen LogP contribution in [0.1, 0.15) is 0 Å². The Morgan fingerprint density at radius 2 is 2.33 bits per heavy atom. The number of rotatable bonds is 1. The quantitative estimate of drug-likeness (QED) is 0.776. The van der Waals surface area contributed by atoms with Crippen molar-refractivity contribution >= 4 is 39.5 Å². The molecule has 0 fully saturated rings. The summed E-state index contributed by atoms with van der Waals surface area (Å²) in [6.45, 7) is 0. The number of hydrogen-bond donors (Lipinski definition) is 2. The van der Waals surface area contributed by atoms with Gasteiger partial charge in [-0.25, -0.2) is 0 Å². The van der Waals surface area contributed by atoms with Crippen LogP contribution in [0.25, 0.3) is 10.7 Å². The number of aromatic amines is 2. The SMILES string of the molecule is S=c1nc(-c2cc(Br)cs2)[nH][nH]1. The molecule has 6 heteroatoms. The highest BCUT2D eigenvalue weighted by Gasteiger charge is 2.02. The van der Waals surface area contributed by atoms with E-state index in [4.69, 9.17) is 12.2 Å². The van der Waals surface area contributed by atoms with Gasteiger partial charge in [-0.1, -0.05) is 0 Å². The minimum atomic E-state index is 0.481. The third-order valence-electron chi connectivity index (χ3n) is 1.30. The molecule has 2 N–H and O–H groups in total. The third kappa shape index (κ3) is 1.50. The van der Waals surface area contributed by atoms with Gasteiger partial charge in [-0.2, -0.15) is 4.98 Å². The maximum atomic E-state index is 4.83. The van der Waals surface area contributed by atoms with Crippen molar-refractivity contribution in [2.45, 2.75) is 0 Å². The summed E-state index contributed by atoms with van der Waals surface area (Å²) in [5.41, 5.74) is 0. The first kappa shape index (κ1) is 8.15.